The smallest absolute Gasteiger partial charge is 0.349 e. The number of allylic oxidation sites excluding steroid dienone is 1. The van der Waals surface area contributed by atoms with Crippen molar-refractivity contribution < 1.29 is 29.0 Å². The van der Waals surface area contributed by atoms with Crippen molar-refractivity contribution in [2.24, 2.45) is 23.5 Å². The molecule has 2 aliphatic carbocycles. The van der Waals surface area contributed by atoms with Gasteiger partial charge in [0.05, 0.1) is 19.4 Å². The summed E-state index contributed by atoms with van der Waals surface area (Å²) in [5, 5.41) is 13.6. The van der Waals surface area contributed by atoms with Crippen LogP contribution in [0.3, 0.4) is 0 Å². The number of rotatable bonds is 12. The van der Waals surface area contributed by atoms with Crippen LogP contribution < -0.4 is 11.1 Å². The number of epoxide rings is 1. The van der Waals surface area contributed by atoms with Crippen LogP contribution >= 0.6 is 0 Å². The molecule has 0 aromatic heterocycles. The molecule has 8 heteroatoms. The number of carbonyl (C=O) groups is 3. The number of carbonyl (C=O) groups excluding carboxylic acids is 3. The normalized spacial score (nSPS) is 35.9. The van der Waals surface area contributed by atoms with Crippen molar-refractivity contribution in [3.8, 4) is 0 Å². The average molecular weight is 519 g/mol. The van der Waals surface area contributed by atoms with E-state index < -0.39 is 29.0 Å². The SMILES string of the molecule is CCCCCCOC(=O)[C@]12O[C@@]1(CC(CO)=C(C)CCC1CCNC(N)C1)C(=O)C1CCCCC1C2=O. The Labute approximate surface area is 221 Å². The fourth-order valence-corrected chi connectivity index (χ4v) is 6.91. The number of ether oxygens (including phenoxy) is 2. The largest absolute Gasteiger partial charge is 0.463 e. The summed E-state index contributed by atoms with van der Waals surface area (Å²) in [5.74, 6) is -1.53. The minimum absolute atomic E-state index is 0.0158. The van der Waals surface area contributed by atoms with Gasteiger partial charge in [0.15, 0.2) is 17.2 Å². The van der Waals surface area contributed by atoms with Gasteiger partial charge in [-0.25, -0.2) is 4.79 Å². The molecule has 208 valence electrons. The minimum Gasteiger partial charge on any atom is -0.463 e. The van der Waals surface area contributed by atoms with Crippen LogP contribution in [-0.4, -0.2) is 59.8 Å². The third-order valence-electron chi connectivity index (χ3n) is 9.29. The summed E-state index contributed by atoms with van der Waals surface area (Å²) in [6.07, 6.45) is 10.6. The second-order valence-corrected chi connectivity index (χ2v) is 11.7. The summed E-state index contributed by atoms with van der Waals surface area (Å²) in [7, 11) is 0. The third kappa shape index (κ3) is 5.45. The van der Waals surface area contributed by atoms with E-state index in [4.69, 9.17) is 15.2 Å². The van der Waals surface area contributed by atoms with E-state index in [9.17, 15) is 19.5 Å². The van der Waals surface area contributed by atoms with Gasteiger partial charge < -0.3 is 25.6 Å². The molecule has 4 rings (SSSR count). The molecule has 2 saturated carbocycles. The predicted octanol–water partition coefficient (Wildman–Crippen LogP) is 3.34. The molecule has 2 heterocycles. The Morgan fingerprint density at radius 2 is 1.86 bits per heavy atom. The van der Waals surface area contributed by atoms with Crippen LogP contribution in [0.5, 0.6) is 0 Å². The van der Waals surface area contributed by atoms with Crippen LogP contribution in [0.4, 0.5) is 0 Å². The zero-order valence-electron chi connectivity index (χ0n) is 22.7. The molecular weight excluding hydrogens is 472 g/mol. The van der Waals surface area contributed by atoms with Gasteiger partial charge >= 0.3 is 5.97 Å². The number of hydrogen-bond acceptors (Lipinski definition) is 8. The van der Waals surface area contributed by atoms with E-state index in [2.05, 4.69) is 12.2 Å². The molecule has 0 spiro atoms. The van der Waals surface area contributed by atoms with Crippen LogP contribution in [0.15, 0.2) is 11.1 Å². The Morgan fingerprint density at radius 3 is 2.54 bits per heavy atom. The van der Waals surface area contributed by atoms with Gasteiger partial charge in [0.1, 0.15) is 0 Å². The van der Waals surface area contributed by atoms with Gasteiger partial charge in [0.25, 0.3) is 5.60 Å². The number of nitrogens with two attached hydrogens (primary N) is 1. The topological polar surface area (TPSA) is 131 Å². The highest BCUT2D eigenvalue weighted by molar-refractivity contribution is 6.23. The molecule has 4 unspecified atom stereocenters. The fraction of sp³-hybridized carbons (Fsp3) is 0.828. The van der Waals surface area contributed by atoms with Crippen LogP contribution in [-0.2, 0) is 23.9 Å². The van der Waals surface area contributed by atoms with Gasteiger partial charge in [-0.05, 0) is 69.9 Å². The molecular formula is C29H46N2O6. The molecule has 0 radical (unpaired) electrons. The van der Waals surface area contributed by atoms with Gasteiger partial charge in [-0.1, -0.05) is 44.6 Å². The minimum atomic E-state index is -1.85. The highest BCUT2D eigenvalue weighted by atomic mass is 16.7. The van der Waals surface area contributed by atoms with Gasteiger partial charge in [-0.2, -0.15) is 0 Å². The number of Topliss-reactive ketones (excluding diaryl/α,β-unsaturated/α-hetero) is 2. The van der Waals surface area contributed by atoms with Gasteiger partial charge in [-0.15, -0.1) is 0 Å². The Morgan fingerprint density at radius 1 is 1.14 bits per heavy atom. The number of esters is 1. The van der Waals surface area contributed by atoms with Gasteiger partial charge in [-0.3, -0.25) is 9.59 Å². The molecule has 37 heavy (non-hydrogen) atoms. The zero-order chi connectivity index (χ0) is 26.6. The second kappa shape index (κ2) is 12.1. The average Bonchev–Trinajstić information content (AvgIpc) is 3.60. The van der Waals surface area contributed by atoms with Crippen molar-refractivity contribution in [3.05, 3.63) is 11.1 Å². The number of nitrogens with one attached hydrogen (secondary N) is 1. The summed E-state index contributed by atoms with van der Waals surface area (Å²) in [5.41, 5.74) is 4.34. The van der Waals surface area contributed by atoms with Crippen molar-refractivity contribution in [1.29, 1.82) is 0 Å². The van der Waals surface area contributed by atoms with E-state index in [0.717, 1.165) is 76.3 Å². The van der Waals surface area contributed by atoms with Crippen molar-refractivity contribution in [2.75, 3.05) is 19.8 Å². The second-order valence-electron chi connectivity index (χ2n) is 11.7. The van der Waals surface area contributed by atoms with Crippen LogP contribution in [0.1, 0.15) is 97.3 Å². The maximum absolute atomic E-state index is 13.9. The molecule has 2 aliphatic heterocycles. The Kier molecular flexibility index (Phi) is 9.25. The first-order valence-corrected chi connectivity index (χ1v) is 14.5. The quantitative estimate of drug-likeness (QED) is 0.118. The van der Waals surface area contributed by atoms with Crippen LogP contribution in [0, 0.1) is 17.8 Å². The van der Waals surface area contributed by atoms with Crippen molar-refractivity contribution in [3.63, 3.8) is 0 Å². The molecule has 2 saturated heterocycles. The molecule has 0 amide bonds. The van der Waals surface area contributed by atoms with Crippen molar-refractivity contribution in [2.45, 2.75) is 115 Å². The van der Waals surface area contributed by atoms with Crippen LogP contribution in [0.25, 0.3) is 0 Å². The Hall–Kier alpha value is -1.61. The fourth-order valence-electron chi connectivity index (χ4n) is 6.91. The van der Waals surface area contributed by atoms with E-state index in [1.165, 1.54) is 0 Å². The lowest BCUT2D eigenvalue weighted by molar-refractivity contribution is -0.158. The number of unbranched alkanes of at least 4 members (excludes halogenated alkanes) is 3. The molecule has 0 aromatic rings. The highest BCUT2D eigenvalue weighted by Crippen LogP contribution is 2.62. The lowest BCUT2D eigenvalue weighted by atomic mass is 9.60. The Bertz CT molecular complexity index is 903. The number of fused-ring (bicyclic) bond motifs is 2. The van der Waals surface area contributed by atoms with Gasteiger partial charge in [0, 0.05) is 18.3 Å². The number of hydrogen-bond donors (Lipinski definition) is 3. The first-order chi connectivity index (χ1) is 17.8. The van der Waals surface area contributed by atoms with E-state index in [1.54, 1.807) is 0 Å². The monoisotopic (exact) mass is 518 g/mol. The third-order valence-corrected chi connectivity index (χ3v) is 9.29. The summed E-state index contributed by atoms with van der Waals surface area (Å²) in [6, 6.07) is 0. The molecule has 6 atom stereocenters. The summed E-state index contributed by atoms with van der Waals surface area (Å²) < 4.78 is 11.6. The molecule has 0 aromatic carbocycles. The maximum Gasteiger partial charge on any atom is 0.349 e. The number of piperidine rings is 1. The number of aliphatic hydroxyl groups excluding tert-OH is 1. The molecule has 4 N–H and O–H groups in total. The molecule has 8 nitrogen and oxygen atoms in total. The van der Waals surface area contributed by atoms with E-state index in [-0.39, 0.29) is 37.4 Å². The van der Waals surface area contributed by atoms with Gasteiger partial charge in [0.2, 0.25) is 0 Å². The number of aliphatic hydroxyl groups is 1. The number of ketones is 2. The van der Waals surface area contributed by atoms with E-state index in [0.29, 0.717) is 24.3 Å². The molecule has 4 aliphatic rings. The van der Waals surface area contributed by atoms with E-state index in [1.807, 2.05) is 6.92 Å². The maximum atomic E-state index is 13.9. The van der Waals surface area contributed by atoms with Crippen LogP contribution in [0.2, 0.25) is 0 Å². The highest BCUT2D eigenvalue weighted by Gasteiger charge is 2.87. The lowest BCUT2D eigenvalue weighted by Crippen LogP contribution is -2.58. The summed E-state index contributed by atoms with van der Waals surface area (Å²) >= 11 is 0. The lowest BCUT2D eigenvalue weighted by Gasteiger charge is -2.37. The first-order valence-electron chi connectivity index (χ1n) is 14.5. The standard InChI is InChI=1S/C29H46N2O6/c1-3-4-5-8-15-36-27(35)29-26(34)23-10-7-6-9-22(23)25(33)28(29,37-29)17-21(18-32)19(2)11-12-20-13-14-31-24(30)16-20/h20,22-24,31-32H,3-18,30H2,1-2H3/t20?,22?,23?,24?,28-,29-/m0/s1. The molecule has 4 fully saturated rings. The predicted molar refractivity (Wildman–Crippen MR) is 139 cm³/mol. The Balaban J connectivity index is 1.53. The summed E-state index contributed by atoms with van der Waals surface area (Å²) in [6.45, 7) is 4.97. The molecule has 0 bridgehead atoms. The van der Waals surface area contributed by atoms with Crippen molar-refractivity contribution in [1.82, 2.24) is 5.32 Å². The van der Waals surface area contributed by atoms with Crippen molar-refractivity contribution >= 4 is 17.5 Å². The zero-order valence-corrected chi connectivity index (χ0v) is 22.7. The summed E-state index contributed by atoms with van der Waals surface area (Å²) in [4.78, 5) is 41.1. The van der Waals surface area contributed by atoms with E-state index >= 15 is 0 Å². The first kappa shape index (κ1) is 28.4.